The van der Waals surface area contributed by atoms with E-state index in [9.17, 15) is 0 Å². The van der Waals surface area contributed by atoms with Gasteiger partial charge in [-0.25, -0.2) is 0 Å². The maximum atomic E-state index is 6.23. The van der Waals surface area contributed by atoms with Gasteiger partial charge in [0.2, 0.25) is 0 Å². The van der Waals surface area contributed by atoms with E-state index < -0.39 is 0 Å². The van der Waals surface area contributed by atoms with E-state index in [0.29, 0.717) is 0 Å². The van der Waals surface area contributed by atoms with E-state index in [4.69, 9.17) is 11.6 Å². The Balaban J connectivity index is 1.77. The Morgan fingerprint density at radius 3 is 2.75 bits per heavy atom. The first-order chi connectivity index (χ1) is 7.84. The Morgan fingerprint density at radius 2 is 2.00 bits per heavy atom. The van der Waals surface area contributed by atoms with Crippen molar-refractivity contribution >= 4 is 11.6 Å². The van der Waals surface area contributed by atoms with Gasteiger partial charge in [-0.15, -0.1) is 0 Å². The van der Waals surface area contributed by atoms with Gasteiger partial charge in [0.1, 0.15) is 0 Å². The summed E-state index contributed by atoms with van der Waals surface area (Å²) >= 11 is 6.23. The van der Waals surface area contributed by atoms with Crippen LogP contribution in [0.4, 0.5) is 0 Å². The summed E-state index contributed by atoms with van der Waals surface area (Å²) in [7, 11) is 0. The predicted octanol–water partition coefficient (Wildman–Crippen LogP) is 2.41. The van der Waals surface area contributed by atoms with Gasteiger partial charge in [-0.05, 0) is 43.1 Å². The van der Waals surface area contributed by atoms with Crippen LogP contribution in [0.25, 0.3) is 0 Å². The van der Waals surface area contributed by atoms with Crippen LogP contribution in [-0.2, 0) is 13.1 Å². The maximum absolute atomic E-state index is 6.23. The summed E-state index contributed by atoms with van der Waals surface area (Å²) in [6, 6.07) is 7.02. The van der Waals surface area contributed by atoms with Crippen molar-refractivity contribution < 1.29 is 0 Å². The molecule has 0 amide bonds. The molecule has 0 spiro atoms. The van der Waals surface area contributed by atoms with Gasteiger partial charge in [0.05, 0.1) is 0 Å². The van der Waals surface area contributed by atoms with Crippen molar-refractivity contribution in [2.24, 2.45) is 0 Å². The molecule has 0 radical (unpaired) electrons. The first-order valence-electron chi connectivity index (χ1n) is 6.05. The van der Waals surface area contributed by atoms with Gasteiger partial charge in [-0.3, -0.25) is 4.90 Å². The monoisotopic (exact) mass is 236 g/mol. The van der Waals surface area contributed by atoms with Crippen molar-refractivity contribution in [1.82, 2.24) is 10.2 Å². The van der Waals surface area contributed by atoms with Crippen molar-refractivity contribution in [3.05, 3.63) is 34.3 Å². The van der Waals surface area contributed by atoms with Gasteiger partial charge in [0.15, 0.2) is 0 Å². The molecule has 0 aromatic heterocycles. The van der Waals surface area contributed by atoms with Crippen LogP contribution in [0, 0.1) is 0 Å². The number of halogens is 1. The summed E-state index contributed by atoms with van der Waals surface area (Å²) < 4.78 is 0. The number of nitrogens with one attached hydrogen (secondary N) is 1. The van der Waals surface area contributed by atoms with E-state index in [1.165, 1.54) is 24.0 Å². The Hall–Kier alpha value is -0.570. The molecule has 0 aliphatic carbocycles. The zero-order valence-electron chi connectivity index (χ0n) is 9.38. The van der Waals surface area contributed by atoms with Crippen LogP contribution in [0.1, 0.15) is 24.0 Å². The SMILES string of the molecule is Clc1cccc2c1CN(C1CCNCC1)C2. The third-order valence-electron chi connectivity index (χ3n) is 3.78. The molecule has 2 heterocycles. The number of rotatable bonds is 1. The molecule has 0 atom stereocenters. The molecule has 0 unspecified atom stereocenters. The summed E-state index contributed by atoms with van der Waals surface area (Å²) in [4.78, 5) is 2.58. The normalized spacial score (nSPS) is 22.3. The van der Waals surface area contributed by atoms with Gasteiger partial charge in [0, 0.05) is 24.2 Å². The highest BCUT2D eigenvalue weighted by Crippen LogP contribution is 2.31. The lowest BCUT2D eigenvalue weighted by molar-refractivity contribution is 0.163. The minimum atomic E-state index is 0.740. The number of nitrogens with zero attached hydrogens (tertiary/aromatic N) is 1. The zero-order valence-corrected chi connectivity index (χ0v) is 10.1. The van der Waals surface area contributed by atoms with Crippen LogP contribution < -0.4 is 5.32 Å². The Bertz CT molecular complexity index is 386. The van der Waals surface area contributed by atoms with Gasteiger partial charge >= 0.3 is 0 Å². The average Bonchev–Trinajstić information content (AvgIpc) is 2.76. The maximum Gasteiger partial charge on any atom is 0.0454 e. The van der Waals surface area contributed by atoms with Crippen LogP contribution in [-0.4, -0.2) is 24.0 Å². The fourth-order valence-corrected chi connectivity index (χ4v) is 3.09. The van der Waals surface area contributed by atoms with E-state index in [1.807, 2.05) is 6.07 Å². The summed E-state index contributed by atoms with van der Waals surface area (Å²) in [6.07, 6.45) is 2.54. The first-order valence-corrected chi connectivity index (χ1v) is 6.43. The highest BCUT2D eigenvalue weighted by atomic mass is 35.5. The second-order valence-corrected chi connectivity index (χ2v) is 5.17. The van der Waals surface area contributed by atoms with Crippen LogP contribution >= 0.6 is 11.6 Å². The van der Waals surface area contributed by atoms with Crippen LogP contribution in [0.15, 0.2) is 18.2 Å². The van der Waals surface area contributed by atoms with E-state index in [-0.39, 0.29) is 0 Å². The Labute approximate surface area is 102 Å². The van der Waals surface area contributed by atoms with Crippen molar-refractivity contribution in [1.29, 1.82) is 0 Å². The first kappa shape index (κ1) is 10.6. The molecule has 1 aromatic carbocycles. The lowest BCUT2D eigenvalue weighted by Gasteiger charge is -2.31. The molecule has 1 saturated heterocycles. The number of hydrogen-bond donors (Lipinski definition) is 1. The summed E-state index contributed by atoms with van der Waals surface area (Å²) in [5.41, 5.74) is 2.77. The largest absolute Gasteiger partial charge is 0.317 e. The molecule has 1 N–H and O–H groups in total. The summed E-state index contributed by atoms with van der Waals surface area (Å²) in [5, 5.41) is 4.36. The van der Waals surface area contributed by atoms with Crippen LogP contribution in [0.2, 0.25) is 5.02 Å². The minimum Gasteiger partial charge on any atom is -0.317 e. The number of fused-ring (bicyclic) bond motifs is 1. The summed E-state index contributed by atoms with van der Waals surface area (Å²) in [5.74, 6) is 0. The van der Waals surface area contributed by atoms with Crippen LogP contribution in [0.5, 0.6) is 0 Å². The number of benzene rings is 1. The molecule has 3 rings (SSSR count). The predicted molar refractivity (Wildman–Crippen MR) is 66.6 cm³/mol. The molecule has 0 saturated carbocycles. The van der Waals surface area contributed by atoms with Crippen molar-refractivity contribution in [2.45, 2.75) is 32.0 Å². The molecule has 0 bridgehead atoms. The third-order valence-corrected chi connectivity index (χ3v) is 4.13. The summed E-state index contributed by atoms with van der Waals surface area (Å²) in [6.45, 7) is 4.44. The third kappa shape index (κ3) is 1.86. The van der Waals surface area contributed by atoms with E-state index in [1.54, 1.807) is 0 Å². The Morgan fingerprint density at radius 1 is 1.19 bits per heavy atom. The fraction of sp³-hybridized carbons (Fsp3) is 0.538. The molecular weight excluding hydrogens is 220 g/mol. The van der Waals surface area contributed by atoms with Crippen LogP contribution in [0.3, 0.4) is 0 Å². The number of piperidine rings is 1. The highest BCUT2D eigenvalue weighted by molar-refractivity contribution is 6.31. The molecule has 86 valence electrons. The van der Waals surface area contributed by atoms with Crippen molar-refractivity contribution in [3.63, 3.8) is 0 Å². The standard InChI is InChI=1S/C13H17ClN2/c14-13-3-1-2-10-8-16(9-12(10)13)11-4-6-15-7-5-11/h1-3,11,15H,4-9H2. The second kappa shape index (κ2) is 4.36. The van der Waals surface area contributed by atoms with Gasteiger partial charge < -0.3 is 5.32 Å². The molecule has 16 heavy (non-hydrogen) atoms. The number of hydrogen-bond acceptors (Lipinski definition) is 2. The fourth-order valence-electron chi connectivity index (χ4n) is 2.84. The average molecular weight is 237 g/mol. The molecule has 2 aliphatic heterocycles. The van der Waals surface area contributed by atoms with Gasteiger partial charge in [0.25, 0.3) is 0 Å². The smallest absolute Gasteiger partial charge is 0.0454 e. The molecule has 1 fully saturated rings. The quantitative estimate of drug-likeness (QED) is 0.806. The molecule has 2 aliphatic rings. The zero-order chi connectivity index (χ0) is 11.0. The molecule has 3 heteroatoms. The highest BCUT2D eigenvalue weighted by Gasteiger charge is 2.27. The minimum absolute atomic E-state index is 0.740. The van der Waals surface area contributed by atoms with Crippen molar-refractivity contribution in [2.75, 3.05) is 13.1 Å². The van der Waals surface area contributed by atoms with E-state index in [0.717, 1.165) is 37.2 Å². The van der Waals surface area contributed by atoms with Gasteiger partial charge in [-0.2, -0.15) is 0 Å². The molecule has 1 aromatic rings. The Kier molecular flexibility index (Phi) is 2.88. The molecule has 2 nitrogen and oxygen atoms in total. The lowest BCUT2D eigenvalue weighted by Crippen LogP contribution is -2.40. The topological polar surface area (TPSA) is 15.3 Å². The van der Waals surface area contributed by atoms with Crippen molar-refractivity contribution in [3.8, 4) is 0 Å². The van der Waals surface area contributed by atoms with E-state index in [2.05, 4.69) is 22.3 Å². The van der Waals surface area contributed by atoms with Gasteiger partial charge in [-0.1, -0.05) is 23.7 Å². The van der Waals surface area contributed by atoms with E-state index >= 15 is 0 Å². The second-order valence-electron chi connectivity index (χ2n) is 4.76. The molecular formula is C13H17ClN2. The lowest BCUT2D eigenvalue weighted by atomic mass is 10.1.